The minimum atomic E-state index is 0.626. The number of benzene rings is 5. The fourth-order valence-electron chi connectivity index (χ4n) is 7.40. The largest absolute Gasteiger partial charge is 0.456 e. The summed E-state index contributed by atoms with van der Waals surface area (Å²) >= 11 is 0. The summed E-state index contributed by atoms with van der Waals surface area (Å²) < 4.78 is 15.1. The van der Waals surface area contributed by atoms with Crippen molar-refractivity contribution in [2.75, 3.05) is 0 Å². The van der Waals surface area contributed by atoms with Crippen LogP contribution in [0.2, 0.25) is 0 Å². The molecule has 5 aromatic carbocycles. The van der Waals surface area contributed by atoms with Crippen LogP contribution in [0.25, 0.3) is 107 Å². The zero-order valence-electron chi connectivity index (χ0n) is 28.6. The number of hydrogen-bond donors (Lipinski definition) is 0. The number of para-hydroxylation sites is 1. The van der Waals surface area contributed by atoms with E-state index in [4.69, 9.17) is 18.8 Å². The molecule has 0 aliphatic rings. The van der Waals surface area contributed by atoms with Crippen LogP contribution >= 0.6 is 0 Å². The van der Waals surface area contributed by atoms with Gasteiger partial charge in [-0.2, -0.15) is 0 Å². The normalized spacial score (nSPS) is 12.2. The van der Waals surface area contributed by atoms with E-state index in [1.54, 1.807) is 6.08 Å². The number of hydrogen-bond acceptors (Lipinski definition) is 4. The van der Waals surface area contributed by atoms with Gasteiger partial charge in [0.05, 0.1) is 11.2 Å². The fourth-order valence-corrected chi connectivity index (χ4v) is 7.40. The van der Waals surface area contributed by atoms with E-state index in [0.717, 1.165) is 94.2 Å². The minimum absolute atomic E-state index is 0.626. The maximum absolute atomic E-state index is 6.67. The Labute approximate surface area is 300 Å². The Morgan fingerprint density at radius 1 is 0.673 bits per heavy atom. The van der Waals surface area contributed by atoms with Gasteiger partial charge in [-0.05, 0) is 72.7 Å². The molecule has 0 unspecified atom stereocenters. The van der Waals surface area contributed by atoms with Crippen LogP contribution in [0.4, 0.5) is 0 Å². The van der Waals surface area contributed by atoms with Crippen LogP contribution < -0.4 is 0 Å². The quantitative estimate of drug-likeness (QED) is 0.151. The Hall–Kier alpha value is -6.98. The summed E-state index contributed by atoms with van der Waals surface area (Å²) in [4.78, 5) is 10.3. The molecule has 0 aliphatic heterocycles. The zero-order valence-corrected chi connectivity index (χ0v) is 28.6. The lowest BCUT2D eigenvalue weighted by molar-refractivity contribution is 0.667. The molecule has 9 rings (SSSR count). The summed E-state index contributed by atoms with van der Waals surface area (Å²) in [6, 6.07) is 37.1. The predicted octanol–water partition coefficient (Wildman–Crippen LogP) is 13.1. The monoisotopic (exact) mass is 671 g/mol. The Morgan fingerprint density at radius 2 is 1.42 bits per heavy atom. The first-order valence-corrected chi connectivity index (χ1v) is 17.2. The van der Waals surface area contributed by atoms with Crippen LogP contribution in [0, 0.1) is 0 Å². The van der Waals surface area contributed by atoms with Gasteiger partial charge in [-0.3, -0.25) is 0 Å². The minimum Gasteiger partial charge on any atom is -0.456 e. The second-order valence-electron chi connectivity index (χ2n) is 12.6. The van der Waals surface area contributed by atoms with Crippen LogP contribution in [0.5, 0.6) is 0 Å². The Bertz CT molecular complexity index is 2970. The maximum atomic E-state index is 6.67. The van der Waals surface area contributed by atoms with E-state index >= 15 is 0 Å². The molecule has 0 amide bonds. The fraction of sp³-hybridized carbons (Fsp3) is 0.0213. The third-order valence-corrected chi connectivity index (χ3v) is 9.66. The van der Waals surface area contributed by atoms with E-state index in [1.165, 1.54) is 0 Å². The highest BCUT2D eigenvalue weighted by Gasteiger charge is 2.22. The summed E-state index contributed by atoms with van der Waals surface area (Å²) in [5, 5.41) is 4.02. The Kier molecular flexibility index (Phi) is 7.41. The molecule has 0 atom stereocenters. The van der Waals surface area contributed by atoms with Crippen LogP contribution in [0.15, 0.2) is 162 Å². The molecule has 0 saturated heterocycles. The lowest BCUT2D eigenvalue weighted by Gasteiger charge is -2.10. The van der Waals surface area contributed by atoms with Crippen molar-refractivity contribution in [2.45, 2.75) is 6.92 Å². The second-order valence-corrected chi connectivity index (χ2v) is 12.6. The molecule has 4 aromatic heterocycles. The van der Waals surface area contributed by atoms with Gasteiger partial charge in [-0.1, -0.05) is 111 Å². The van der Waals surface area contributed by atoms with E-state index in [9.17, 15) is 0 Å². The summed E-state index contributed by atoms with van der Waals surface area (Å²) in [7, 11) is 0. The maximum Gasteiger partial charge on any atom is 0.180 e. The summed E-state index contributed by atoms with van der Waals surface area (Å²) in [5.74, 6) is 0.626. The summed E-state index contributed by atoms with van der Waals surface area (Å²) in [5.41, 5.74) is 12.5. The molecule has 248 valence electrons. The highest BCUT2D eigenvalue weighted by Crippen LogP contribution is 2.42. The number of furan rings is 2. The van der Waals surface area contributed by atoms with E-state index < -0.39 is 0 Å². The van der Waals surface area contributed by atoms with Crippen molar-refractivity contribution < 1.29 is 8.83 Å². The SMILES string of the molecule is C=C/C=C(\C=C/C)n1c(C=C)c(C=C)c2cc(-c3ccc4oc5c(-c6cccc7oc8ccccc8c67)nc(-c6ccccc6)nc5c4c3)ccc21. The van der Waals surface area contributed by atoms with Gasteiger partial charge in [0, 0.05) is 43.9 Å². The molecule has 5 heteroatoms. The molecule has 0 bridgehead atoms. The molecule has 0 aliphatic carbocycles. The van der Waals surface area contributed by atoms with E-state index in [-0.39, 0.29) is 0 Å². The van der Waals surface area contributed by atoms with Gasteiger partial charge in [0.1, 0.15) is 28.0 Å². The first-order valence-electron chi connectivity index (χ1n) is 17.2. The predicted molar refractivity (Wildman–Crippen MR) is 218 cm³/mol. The van der Waals surface area contributed by atoms with Gasteiger partial charge in [0.2, 0.25) is 0 Å². The molecular weight excluding hydrogens is 639 g/mol. The van der Waals surface area contributed by atoms with Crippen molar-refractivity contribution in [1.82, 2.24) is 14.5 Å². The van der Waals surface area contributed by atoms with Crippen molar-refractivity contribution in [3.05, 3.63) is 164 Å². The molecule has 9 aromatic rings. The second kappa shape index (κ2) is 12.4. The highest BCUT2D eigenvalue weighted by molar-refractivity contribution is 6.16. The van der Waals surface area contributed by atoms with Crippen LogP contribution in [0.3, 0.4) is 0 Å². The van der Waals surface area contributed by atoms with E-state index in [1.807, 2.05) is 98.0 Å². The average Bonchev–Trinajstić information content (AvgIpc) is 3.86. The number of nitrogens with zero attached hydrogens (tertiary/aromatic N) is 3. The number of rotatable bonds is 8. The van der Waals surface area contributed by atoms with Crippen molar-refractivity contribution in [3.8, 4) is 33.8 Å². The molecule has 5 nitrogen and oxygen atoms in total. The summed E-state index contributed by atoms with van der Waals surface area (Å²) in [6.07, 6.45) is 11.7. The number of aromatic nitrogens is 3. The molecule has 0 fully saturated rings. The molecule has 0 saturated carbocycles. The average molecular weight is 672 g/mol. The van der Waals surface area contributed by atoms with Gasteiger partial charge in [0.25, 0.3) is 0 Å². The van der Waals surface area contributed by atoms with Gasteiger partial charge in [0.15, 0.2) is 11.4 Å². The van der Waals surface area contributed by atoms with E-state index in [0.29, 0.717) is 11.4 Å². The van der Waals surface area contributed by atoms with E-state index in [2.05, 4.69) is 72.8 Å². The lowest BCUT2D eigenvalue weighted by atomic mass is 10.00. The van der Waals surface area contributed by atoms with Crippen LogP contribution in [-0.4, -0.2) is 14.5 Å². The Balaban J connectivity index is 1.29. The number of allylic oxidation sites excluding steroid dienone is 5. The van der Waals surface area contributed by atoms with Crippen LogP contribution in [0.1, 0.15) is 18.2 Å². The van der Waals surface area contributed by atoms with Gasteiger partial charge in [-0.15, -0.1) is 0 Å². The molecular formula is C47H33N3O2. The van der Waals surface area contributed by atoms with Gasteiger partial charge < -0.3 is 13.4 Å². The third-order valence-electron chi connectivity index (χ3n) is 9.66. The molecule has 0 N–H and O–H groups in total. The van der Waals surface area contributed by atoms with Crippen molar-refractivity contribution in [2.24, 2.45) is 0 Å². The topological polar surface area (TPSA) is 57.0 Å². The first-order chi connectivity index (χ1) is 25.6. The molecule has 0 radical (unpaired) electrons. The zero-order chi connectivity index (χ0) is 35.3. The van der Waals surface area contributed by atoms with Crippen molar-refractivity contribution >= 4 is 72.8 Å². The highest BCUT2D eigenvalue weighted by atomic mass is 16.3. The lowest BCUT2D eigenvalue weighted by Crippen LogP contribution is -1.97. The van der Waals surface area contributed by atoms with Gasteiger partial charge in [-0.25, -0.2) is 9.97 Å². The van der Waals surface area contributed by atoms with Crippen molar-refractivity contribution in [1.29, 1.82) is 0 Å². The third kappa shape index (κ3) is 4.78. The molecule has 4 heterocycles. The standard InChI is InChI=1S/C47H33N3O2/c1-5-15-32(16-6-2)50-38(8-4)33(7-3)36-27-30(23-25-39(36)50)31-24-26-41-37(28-31)45-46(52-41)44(48-47(49-45)29-17-10-9-11-18-29)35-20-14-22-42-43(35)34-19-12-13-21-40(34)51-42/h5-28H,1,3-4H2,2H3/b16-6-,32-15+. The molecule has 52 heavy (non-hydrogen) atoms. The smallest absolute Gasteiger partial charge is 0.180 e. The Morgan fingerprint density at radius 3 is 2.21 bits per heavy atom. The van der Waals surface area contributed by atoms with Crippen molar-refractivity contribution in [3.63, 3.8) is 0 Å². The molecule has 0 spiro atoms. The first kappa shape index (κ1) is 31.0. The van der Waals surface area contributed by atoms with Gasteiger partial charge >= 0.3 is 0 Å². The summed E-state index contributed by atoms with van der Waals surface area (Å²) in [6.45, 7) is 14.3. The number of fused-ring (bicyclic) bond motifs is 7. The van der Waals surface area contributed by atoms with Crippen LogP contribution in [-0.2, 0) is 0 Å².